The summed E-state index contributed by atoms with van der Waals surface area (Å²) in [5.74, 6) is 0. The number of nitriles is 2. The highest BCUT2D eigenvalue weighted by molar-refractivity contribution is 4.72. The van der Waals surface area contributed by atoms with Crippen LogP contribution in [0.3, 0.4) is 0 Å². The standard InChI is InChI=1S/C10H18N4.2ClH/c1-13(5-3-11)7-9-14(2,6-4-12)10-8-13;;/h5-10H2,1-2H3;2*1H/q+2;;/p-2. The van der Waals surface area contributed by atoms with Crippen LogP contribution in [0.5, 0.6) is 0 Å². The van der Waals surface area contributed by atoms with Crippen LogP contribution < -0.4 is 24.8 Å². The molecule has 92 valence electrons. The summed E-state index contributed by atoms with van der Waals surface area (Å²) in [5, 5.41) is 17.4. The van der Waals surface area contributed by atoms with Crippen LogP contribution in [0.25, 0.3) is 0 Å². The second-order valence-electron chi connectivity index (χ2n) is 4.77. The molecule has 1 aliphatic rings. The van der Waals surface area contributed by atoms with Gasteiger partial charge in [0.1, 0.15) is 38.3 Å². The molecule has 0 saturated carbocycles. The number of rotatable bonds is 2. The van der Waals surface area contributed by atoms with Crippen molar-refractivity contribution in [1.29, 1.82) is 10.5 Å². The first-order valence-electron chi connectivity index (χ1n) is 4.95. The molecule has 1 saturated heterocycles. The summed E-state index contributed by atoms with van der Waals surface area (Å²) in [6.45, 7) is 5.20. The third kappa shape index (κ3) is 4.55. The van der Waals surface area contributed by atoms with E-state index in [1.807, 2.05) is 0 Å². The highest BCUT2D eigenvalue weighted by Gasteiger charge is 2.36. The summed E-state index contributed by atoms with van der Waals surface area (Å²) in [4.78, 5) is 0. The van der Waals surface area contributed by atoms with Crippen molar-refractivity contribution in [3.8, 4) is 12.1 Å². The van der Waals surface area contributed by atoms with E-state index < -0.39 is 0 Å². The van der Waals surface area contributed by atoms with Crippen molar-refractivity contribution in [1.82, 2.24) is 0 Å². The Morgan fingerprint density at radius 1 is 0.812 bits per heavy atom. The Morgan fingerprint density at radius 3 is 1.25 bits per heavy atom. The number of likely N-dealkylation sites (N-methyl/N-ethyl adjacent to an activating group) is 2. The number of hydrogen-bond donors (Lipinski definition) is 0. The van der Waals surface area contributed by atoms with Gasteiger partial charge in [0, 0.05) is 0 Å². The summed E-state index contributed by atoms with van der Waals surface area (Å²) in [5.41, 5.74) is 0. The monoisotopic (exact) mass is 264 g/mol. The third-order valence-corrected chi connectivity index (χ3v) is 3.26. The lowest BCUT2D eigenvalue weighted by Gasteiger charge is -2.44. The molecular weight excluding hydrogens is 247 g/mol. The van der Waals surface area contributed by atoms with E-state index in [0.29, 0.717) is 13.1 Å². The van der Waals surface area contributed by atoms with E-state index in [1.54, 1.807) is 0 Å². The zero-order valence-corrected chi connectivity index (χ0v) is 11.3. The number of nitrogens with zero attached hydrogens (tertiary/aromatic N) is 4. The molecule has 1 aliphatic heterocycles. The maximum atomic E-state index is 8.69. The average molecular weight is 265 g/mol. The van der Waals surface area contributed by atoms with Crippen LogP contribution in [0, 0.1) is 22.7 Å². The SMILES string of the molecule is C[N+]1(CC#N)CC[N+](C)(CC#N)CC1.[Cl-].[Cl-]. The lowest BCUT2D eigenvalue weighted by Crippen LogP contribution is -3.00. The van der Waals surface area contributed by atoms with E-state index in [4.69, 9.17) is 10.5 Å². The molecule has 6 heteroatoms. The van der Waals surface area contributed by atoms with Gasteiger partial charge in [0.15, 0.2) is 13.1 Å². The van der Waals surface area contributed by atoms with Crippen molar-refractivity contribution in [3.05, 3.63) is 0 Å². The summed E-state index contributed by atoms with van der Waals surface area (Å²) < 4.78 is 1.69. The zero-order chi connectivity index (χ0) is 10.7. The molecule has 16 heavy (non-hydrogen) atoms. The maximum absolute atomic E-state index is 8.69. The minimum absolute atomic E-state index is 0. The molecule has 0 aliphatic carbocycles. The van der Waals surface area contributed by atoms with Crippen molar-refractivity contribution < 1.29 is 33.8 Å². The summed E-state index contributed by atoms with van der Waals surface area (Å²) in [6.07, 6.45) is 0. The normalized spacial score (nSPS) is 32.5. The minimum Gasteiger partial charge on any atom is -1.00 e. The fraction of sp³-hybridized carbons (Fsp3) is 0.800. The minimum atomic E-state index is 0. The number of quaternary nitrogens is 2. The molecule has 0 spiro atoms. The summed E-state index contributed by atoms with van der Waals surface area (Å²) in [6, 6.07) is 4.48. The molecule has 0 aromatic carbocycles. The lowest BCUT2D eigenvalue weighted by atomic mass is 10.2. The molecule has 1 rings (SSSR count). The van der Waals surface area contributed by atoms with E-state index in [0.717, 1.165) is 35.1 Å². The van der Waals surface area contributed by atoms with Gasteiger partial charge in [0.05, 0.1) is 14.1 Å². The first kappa shape index (κ1) is 17.9. The Bertz CT molecular complexity index is 254. The van der Waals surface area contributed by atoms with Crippen LogP contribution in [-0.2, 0) is 0 Å². The lowest BCUT2D eigenvalue weighted by molar-refractivity contribution is -1.01. The van der Waals surface area contributed by atoms with Gasteiger partial charge in [-0.2, -0.15) is 10.5 Å². The zero-order valence-electron chi connectivity index (χ0n) is 9.79. The quantitative estimate of drug-likeness (QED) is 0.368. The highest BCUT2D eigenvalue weighted by Crippen LogP contribution is 2.14. The van der Waals surface area contributed by atoms with Gasteiger partial charge in [-0.3, -0.25) is 0 Å². The second-order valence-corrected chi connectivity index (χ2v) is 4.77. The van der Waals surface area contributed by atoms with E-state index in [1.165, 1.54) is 0 Å². The highest BCUT2D eigenvalue weighted by atomic mass is 35.5. The van der Waals surface area contributed by atoms with E-state index >= 15 is 0 Å². The van der Waals surface area contributed by atoms with Gasteiger partial charge in [0.25, 0.3) is 0 Å². The van der Waals surface area contributed by atoms with Gasteiger partial charge >= 0.3 is 0 Å². The van der Waals surface area contributed by atoms with Crippen molar-refractivity contribution in [2.45, 2.75) is 0 Å². The predicted octanol–water partition coefficient (Wildman–Crippen LogP) is -6.05. The number of hydrogen-bond acceptors (Lipinski definition) is 2. The van der Waals surface area contributed by atoms with E-state index in [2.05, 4.69) is 26.2 Å². The predicted molar refractivity (Wildman–Crippen MR) is 52.8 cm³/mol. The van der Waals surface area contributed by atoms with Crippen LogP contribution in [0.4, 0.5) is 0 Å². The Morgan fingerprint density at radius 2 is 1.06 bits per heavy atom. The van der Waals surface area contributed by atoms with Gasteiger partial charge in [-0.1, -0.05) is 0 Å². The van der Waals surface area contributed by atoms with Gasteiger partial charge < -0.3 is 33.8 Å². The van der Waals surface area contributed by atoms with Crippen molar-refractivity contribution in [2.75, 3.05) is 53.4 Å². The summed E-state index contributed by atoms with van der Waals surface area (Å²) in [7, 11) is 4.25. The van der Waals surface area contributed by atoms with Crippen molar-refractivity contribution in [3.63, 3.8) is 0 Å². The molecule has 0 aromatic rings. The smallest absolute Gasteiger partial charge is 0.166 e. The van der Waals surface area contributed by atoms with Crippen molar-refractivity contribution >= 4 is 0 Å². The molecule has 0 atom stereocenters. The van der Waals surface area contributed by atoms with Crippen LogP contribution in [0.2, 0.25) is 0 Å². The fourth-order valence-corrected chi connectivity index (χ4v) is 1.85. The van der Waals surface area contributed by atoms with Crippen LogP contribution >= 0.6 is 0 Å². The molecule has 0 N–H and O–H groups in total. The van der Waals surface area contributed by atoms with Crippen LogP contribution in [0.15, 0.2) is 0 Å². The van der Waals surface area contributed by atoms with Gasteiger partial charge in [0.2, 0.25) is 0 Å². The fourth-order valence-electron chi connectivity index (χ4n) is 1.85. The van der Waals surface area contributed by atoms with E-state index in [9.17, 15) is 0 Å². The molecule has 0 amide bonds. The second kappa shape index (κ2) is 6.93. The topological polar surface area (TPSA) is 47.6 Å². The molecule has 0 unspecified atom stereocenters. The molecule has 0 radical (unpaired) electrons. The molecule has 0 aromatic heterocycles. The van der Waals surface area contributed by atoms with Crippen LogP contribution in [0.1, 0.15) is 0 Å². The molecule has 4 nitrogen and oxygen atoms in total. The maximum Gasteiger partial charge on any atom is 0.166 e. The van der Waals surface area contributed by atoms with E-state index in [-0.39, 0.29) is 24.8 Å². The first-order chi connectivity index (χ1) is 6.54. The molecule has 1 heterocycles. The van der Waals surface area contributed by atoms with Gasteiger partial charge in [-0.15, -0.1) is 0 Å². The Hall–Kier alpha value is -0.520. The largest absolute Gasteiger partial charge is 1.00 e. The van der Waals surface area contributed by atoms with Crippen LogP contribution in [-0.4, -0.2) is 62.3 Å². The van der Waals surface area contributed by atoms with Crippen molar-refractivity contribution in [2.24, 2.45) is 0 Å². The molecule has 1 fully saturated rings. The molecular formula is C10H18Cl2N4. The Labute approximate surface area is 110 Å². The first-order valence-corrected chi connectivity index (χ1v) is 4.95. The summed E-state index contributed by atoms with van der Waals surface area (Å²) >= 11 is 0. The third-order valence-electron chi connectivity index (χ3n) is 3.26. The number of halogens is 2. The molecule has 0 bridgehead atoms. The number of piperazine rings is 1. The Kier molecular flexibility index (Phi) is 7.74. The average Bonchev–Trinajstić information content (AvgIpc) is 2.13. The van der Waals surface area contributed by atoms with Gasteiger partial charge in [-0.05, 0) is 0 Å². The van der Waals surface area contributed by atoms with Gasteiger partial charge in [-0.25, -0.2) is 0 Å². The Balaban J connectivity index is 0.